The van der Waals surface area contributed by atoms with E-state index in [0.717, 1.165) is 19.4 Å². The highest BCUT2D eigenvalue weighted by atomic mass is 35.5. The van der Waals surface area contributed by atoms with E-state index in [1.807, 2.05) is 4.90 Å². The molecule has 26 heavy (non-hydrogen) atoms. The van der Waals surface area contributed by atoms with Gasteiger partial charge in [-0.3, -0.25) is 9.89 Å². The number of nitrogens with zero attached hydrogens (tertiary/aromatic N) is 3. The molecule has 2 atom stereocenters. The standard InChI is InChI=1S/C16H27N5O3S.ClH/c1-11-15(12(2)19-18-11)25(23,24)21-6-3-4-14(10-21)16(22)20-7-5-13(8-17)9-20;/h13-14H,3-10,17H2,1-2H3,(H,18,19);1H. The highest BCUT2D eigenvalue weighted by Crippen LogP contribution is 2.28. The van der Waals surface area contributed by atoms with Crippen molar-refractivity contribution in [3.63, 3.8) is 0 Å². The van der Waals surface area contributed by atoms with E-state index < -0.39 is 10.0 Å². The lowest BCUT2D eigenvalue weighted by atomic mass is 9.98. The van der Waals surface area contributed by atoms with Gasteiger partial charge in [-0.05, 0) is 45.6 Å². The summed E-state index contributed by atoms with van der Waals surface area (Å²) in [6, 6.07) is 0. The van der Waals surface area contributed by atoms with Crippen LogP contribution in [0.3, 0.4) is 0 Å². The van der Waals surface area contributed by atoms with Gasteiger partial charge in [0.25, 0.3) is 0 Å². The number of hydrogen-bond acceptors (Lipinski definition) is 5. The first-order valence-corrected chi connectivity index (χ1v) is 10.3. The Kier molecular flexibility index (Phi) is 6.70. The average molecular weight is 406 g/mol. The molecular formula is C16H28ClN5O3S. The van der Waals surface area contributed by atoms with Gasteiger partial charge in [0.2, 0.25) is 15.9 Å². The first-order valence-electron chi connectivity index (χ1n) is 8.85. The summed E-state index contributed by atoms with van der Waals surface area (Å²) >= 11 is 0. The van der Waals surface area contributed by atoms with Gasteiger partial charge in [0, 0.05) is 26.2 Å². The highest BCUT2D eigenvalue weighted by Gasteiger charge is 2.38. The lowest BCUT2D eigenvalue weighted by molar-refractivity contribution is -0.135. The molecule has 2 aliphatic rings. The van der Waals surface area contributed by atoms with Gasteiger partial charge in [0.15, 0.2) is 0 Å². The molecular weight excluding hydrogens is 378 g/mol. The number of hydrogen-bond donors (Lipinski definition) is 2. The number of piperidine rings is 1. The van der Waals surface area contributed by atoms with Crippen LogP contribution in [0.2, 0.25) is 0 Å². The van der Waals surface area contributed by atoms with Gasteiger partial charge in [-0.1, -0.05) is 0 Å². The number of H-pyrrole nitrogens is 1. The molecule has 0 aromatic carbocycles. The molecule has 3 heterocycles. The number of halogens is 1. The molecule has 2 unspecified atom stereocenters. The maximum atomic E-state index is 13.0. The van der Waals surface area contributed by atoms with Gasteiger partial charge in [-0.2, -0.15) is 9.40 Å². The Bertz CT molecular complexity index is 732. The minimum absolute atomic E-state index is 0. The molecule has 1 amide bonds. The van der Waals surface area contributed by atoms with Gasteiger partial charge < -0.3 is 10.6 Å². The molecule has 2 saturated heterocycles. The maximum absolute atomic E-state index is 13.0. The van der Waals surface area contributed by atoms with Gasteiger partial charge >= 0.3 is 0 Å². The van der Waals surface area contributed by atoms with Crippen molar-refractivity contribution in [2.75, 3.05) is 32.7 Å². The van der Waals surface area contributed by atoms with E-state index in [2.05, 4.69) is 10.2 Å². The number of carbonyl (C=O) groups excluding carboxylic acids is 1. The van der Waals surface area contributed by atoms with Crippen LogP contribution in [0, 0.1) is 25.7 Å². The van der Waals surface area contributed by atoms with Gasteiger partial charge in [-0.15, -0.1) is 12.4 Å². The number of sulfonamides is 1. The van der Waals surface area contributed by atoms with Crippen molar-refractivity contribution in [1.82, 2.24) is 19.4 Å². The normalized spacial score (nSPS) is 24.5. The Morgan fingerprint density at radius 2 is 2.00 bits per heavy atom. The van der Waals surface area contributed by atoms with Crippen molar-refractivity contribution in [2.45, 2.75) is 38.0 Å². The summed E-state index contributed by atoms with van der Waals surface area (Å²) in [6.07, 6.45) is 2.36. The second kappa shape index (κ2) is 8.24. The minimum atomic E-state index is -3.64. The maximum Gasteiger partial charge on any atom is 0.246 e. The van der Waals surface area contributed by atoms with Crippen LogP contribution in [0.15, 0.2) is 4.90 Å². The van der Waals surface area contributed by atoms with Crippen molar-refractivity contribution >= 4 is 28.3 Å². The third-order valence-corrected chi connectivity index (χ3v) is 7.45. The number of nitrogens with one attached hydrogen (secondary N) is 1. The predicted octanol–water partition coefficient (Wildman–Crippen LogP) is 0.656. The molecule has 2 aliphatic heterocycles. The zero-order valence-corrected chi connectivity index (χ0v) is 16.9. The molecule has 0 bridgehead atoms. The lowest BCUT2D eigenvalue weighted by Crippen LogP contribution is -2.46. The number of nitrogens with two attached hydrogens (primary N) is 1. The van der Waals surface area contributed by atoms with Crippen molar-refractivity contribution in [3.8, 4) is 0 Å². The number of aromatic amines is 1. The monoisotopic (exact) mass is 405 g/mol. The van der Waals surface area contributed by atoms with E-state index >= 15 is 0 Å². The zero-order valence-electron chi connectivity index (χ0n) is 15.3. The molecule has 0 saturated carbocycles. The fourth-order valence-electron chi connectivity index (χ4n) is 3.90. The molecule has 3 rings (SSSR count). The molecule has 2 fully saturated rings. The quantitative estimate of drug-likeness (QED) is 0.763. The van der Waals surface area contributed by atoms with Crippen LogP contribution in [-0.4, -0.2) is 66.5 Å². The van der Waals surface area contributed by atoms with E-state index in [9.17, 15) is 13.2 Å². The summed E-state index contributed by atoms with van der Waals surface area (Å²) < 4.78 is 27.4. The first kappa shape index (κ1) is 21.1. The SMILES string of the molecule is Cc1n[nH]c(C)c1S(=O)(=O)N1CCCC(C(=O)N2CCC(CN)C2)C1.Cl. The fourth-order valence-corrected chi connectivity index (χ4v) is 5.75. The van der Waals surface area contributed by atoms with Crippen molar-refractivity contribution < 1.29 is 13.2 Å². The van der Waals surface area contributed by atoms with E-state index in [1.54, 1.807) is 13.8 Å². The largest absolute Gasteiger partial charge is 0.342 e. The summed E-state index contributed by atoms with van der Waals surface area (Å²) in [5.41, 5.74) is 6.71. The number of likely N-dealkylation sites (tertiary alicyclic amines) is 1. The molecule has 148 valence electrons. The fraction of sp³-hybridized carbons (Fsp3) is 0.750. The molecule has 1 aromatic rings. The van der Waals surface area contributed by atoms with Crippen LogP contribution in [0.5, 0.6) is 0 Å². The molecule has 0 aliphatic carbocycles. The van der Waals surface area contributed by atoms with Crippen LogP contribution in [0.25, 0.3) is 0 Å². The van der Waals surface area contributed by atoms with Crippen molar-refractivity contribution in [3.05, 3.63) is 11.4 Å². The summed E-state index contributed by atoms with van der Waals surface area (Å²) in [5.74, 6) is 0.160. The summed E-state index contributed by atoms with van der Waals surface area (Å²) in [6.45, 7) is 6.09. The first-order chi connectivity index (χ1) is 11.8. The zero-order chi connectivity index (χ0) is 18.2. The Hall–Kier alpha value is -1.16. The second-order valence-corrected chi connectivity index (χ2v) is 9.01. The smallest absolute Gasteiger partial charge is 0.246 e. The summed E-state index contributed by atoms with van der Waals surface area (Å²) in [5, 5.41) is 6.72. The third-order valence-electron chi connectivity index (χ3n) is 5.32. The molecule has 10 heteroatoms. The van der Waals surface area contributed by atoms with Crippen LogP contribution < -0.4 is 5.73 Å². The minimum Gasteiger partial charge on any atom is -0.342 e. The molecule has 1 aromatic heterocycles. The third kappa shape index (κ3) is 3.90. The highest BCUT2D eigenvalue weighted by molar-refractivity contribution is 7.89. The van der Waals surface area contributed by atoms with E-state index in [0.29, 0.717) is 43.4 Å². The molecule has 0 radical (unpaired) electrons. The van der Waals surface area contributed by atoms with Crippen LogP contribution in [0.4, 0.5) is 0 Å². The summed E-state index contributed by atoms with van der Waals surface area (Å²) in [7, 11) is -3.64. The number of carbonyl (C=O) groups is 1. The average Bonchev–Trinajstić information content (AvgIpc) is 3.21. The number of aromatic nitrogens is 2. The summed E-state index contributed by atoms with van der Waals surface area (Å²) in [4.78, 5) is 14.9. The Balaban J connectivity index is 0.00000243. The topological polar surface area (TPSA) is 112 Å². The van der Waals surface area contributed by atoms with Gasteiger partial charge in [0.05, 0.1) is 17.3 Å². The Morgan fingerprint density at radius 3 is 2.58 bits per heavy atom. The van der Waals surface area contributed by atoms with E-state index in [1.165, 1.54) is 4.31 Å². The van der Waals surface area contributed by atoms with Gasteiger partial charge in [-0.25, -0.2) is 8.42 Å². The van der Waals surface area contributed by atoms with Crippen LogP contribution in [0.1, 0.15) is 30.7 Å². The molecule has 3 N–H and O–H groups in total. The van der Waals surface area contributed by atoms with Crippen molar-refractivity contribution in [1.29, 1.82) is 0 Å². The van der Waals surface area contributed by atoms with E-state index in [4.69, 9.17) is 5.73 Å². The van der Waals surface area contributed by atoms with E-state index in [-0.39, 0.29) is 35.7 Å². The number of amides is 1. The number of aryl methyl sites for hydroxylation is 2. The van der Waals surface area contributed by atoms with Crippen LogP contribution in [-0.2, 0) is 14.8 Å². The predicted molar refractivity (Wildman–Crippen MR) is 101 cm³/mol. The van der Waals surface area contributed by atoms with Crippen LogP contribution >= 0.6 is 12.4 Å². The molecule has 0 spiro atoms. The van der Waals surface area contributed by atoms with Gasteiger partial charge in [0.1, 0.15) is 4.90 Å². The number of rotatable bonds is 4. The Morgan fingerprint density at radius 1 is 1.27 bits per heavy atom. The lowest BCUT2D eigenvalue weighted by Gasteiger charge is -2.33. The Labute approximate surface area is 160 Å². The second-order valence-electron chi connectivity index (χ2n) is 7.14. The molecule has 8 nitrogen and oxygen atoms in total. The van der Waals surface area contributed by atoms with Crippen molar-refractivity contribution in [2.24, 2.45) is 17.6 Å².